The summed E-state index contributed by atoms with van der Waals surface area (Å²) in [5, 5.41) is 75.6. The standard InChI is InChI=1S/C67H109FN11O23P3Si.H2O/c1-66(2,3)106(68,67(4,5)6)51-25-21-47(22-26-51)60(89)70-42-55(79-43-48(74-75-79)23-24-50(81)30-40-104(99,100)45-77-35-33-76(44-103(98)39-29-58(85)86)34-36-78(38-37-77)46-105(101,102)41-31-59(87)88)61(90)71-52(62(91)92)18-12-9-11-17-49(80)16-10-7-8-13-20-56(82)69-32-15-14-19-53(63(93)94)72-65(97)73-54(64(95)96)27-28-57(83)84;/h21-22,25-26,43,52-55H,7-20,23-24,27-42,44-46H2,1-6H3,(H12-,69,70,71,72,73,82,83,84,85,86,87,88,89,90,91,92,93,94,95,96,97,99,100,101,102);1H2/p+1/t52?,53-,54-,55?;/m0./s1. The van der Waals surface area contributed by atoms with Crippen molar-refractivity contribution >= 4 is 107 Å². The van der Waals surface area contributed by atoms with Crippen LogP contribution < -0.4 is 31.8 Å². The Kier molecular flexibility index (Phi) is 42.0. The van der Waals surface area contributed by atoms with E-state index in [0.29, 0.717) is 63.0 Å². The molecule has 0 saturated carbocycles. The molecule has 15 N–H and O–H groups in total. The number of aryl methyl sites for hydroxylation is 1. The van der Waals surface area contributed by atoms with E-state index < -0.39 is 163 Å². The second-order valence-electron chi connectivity index (χ2n) is 29.0. The molecule has 1 aliphatic rings. The molecule has 0 bridgehead atoms. The second-order valence-corrected chi connectivity index (χ2v) is 40.4. The van der Waals surface area contributed by atoms with Crippen LogP contribution in [0.15, 0.2) is 30.5 Å². The highest BCUT2D eigenvalue weighted by Crippen LogP contribution is 2.51. The molecule has 2 aromatic rings. The van der Waals surface area contributed by atoms with E-state index in [1.54, 1.807) is 26.8 Å². The van der Waals surface area contributed by atoms with Crippen molar-refractivity contribution in [3.05, 3.63) is 41.7 Å². The average Bonchev–Trinajstić information content (AvgIpc) is 1.27. The molecule has 1 aromatic heterocycles. The smallest absolute Gasteiger partial charge is 0.354 e. The zero-order valence-electron chi connectivity index (χ0n) is 62.0. The van der Waals surface area contributed by atoms with Gasteiger partial charge in [-0.2, -0.15) is 0 Å². The topological polar surface area (TPSA) is 550 Å². The number of carbonyl (C=O) groups is 12. The minimum absolute atomic E-state index is 0. The summed E-state index contributed by atoms with van der Waals surface area (Å²) in [5.41, 5.74) is 0.342. The first-order valence-electron chi connectivity index (χ1n) is 35.7. The number of benzene rings is 1. The predicted molar refractivity (Wildman–Crippen MR) is 395 cm³/mol. The van der Waals surface area contributed by atoms with Crippen molar-refractivity contribution in [3.8, 4) is 0 Å². The minimum atomic E-state index is -4.09. The fraction of sp³-hybridized carbons (Fsp3) is 0.701. The number of carboxylic acids is 6. The lowest BCUT2D eigenvalue weighted by Crippen LogP contribution is -2.57. The molecule has 3 rings (SSSR count). The summed E-state index contributed by atoms with van der Waals surface area (Å²) < 4.78 is 57.9. The number of hydrogen-bond acceptors (Lipinski definition) is 20. The Hall–Kier alpha value is -7.33. The van der Waals surface area contributed by atoms with Crippen molar-refractivity contribution in [2.75, 3.05) is 89.7 Å². The molecule has 1 aromatic carbocycles. The van der Waals surface area contributed by atoms with Crippen LogP contribution >= 0.6 is 22.5 Å². The van der Waals surface area contributed by atoms with E-state index in [-0.39, 0.29) is 157 Å². The summed E-state index contributed by atoms with van der Waals surface area (Å²) in [7, 11) is -13.8. The van der Waals surface area contributed by atoms with Crippen LogP contribution in [0.4, 0.5) is 8.90 Å². The number of halogens is 1. The van der Waals surface area contributed by atoms with E-state index >= 15 is 4.11 Å². The van der Waals surface area contributed by atoms with Crippen molar-refractivity contribution < 1.29 is 121 Å². The van der Waals surface area contributed by atoms with Crippen molar-refractivity contribution in [1.29, 1.82) is 0 Å². The van der Waals surface area contributed by atoms with Gasteiger partial charge >= 0.3 is 49.6 Å². The SMILES string of the molecule is CC(C)(C)[Si](F)(c1ccc(C(=O)NCC(C(=O)NC(CCCCCC(=O)CCCCCCC(=O)NCCCC[C@H](NC(=O)N[C@@H](CCC(=O)O)C(=O)O)C(=O)O)C(=O)O)n2cc(CCC(=O)CCP(=O)(O)CN3CCN(C[P+](=O)CCC(=O)O)CCN(CP(=O)(O)CCC(=O)O)CC3)nn2)cc1)C(C)(C)C.O. The van der Waals surface area contributed by atoms with Crippen LogP contribution in [-0.2, 0) is 68.1 Å². The number of carboxylic acid groups (broad SMARTS) is 6. The van der Waals surface area contributed by atoms with Gasteiger partial charge in [0.2, 0.25) is 26.6 Å². The Morgan fingerprint density at radius 3 is 1.52 bits per heavy atom. The molecular formula is C67H112FN11O24P3Si+. The molecule has 35 nitrogen and oxygen atoms in total. The maximum atomic E-state index is 17.2. The molecular weight excluding hydrogens is 1480 g/mol. The van der Waals surface area contributed by atoms with Crippen LogP contribution in [0.5, 0.6) is 0 Å². The molecule has 1 fully saturated rings. The number of hydrogen-bond donors (Lipinski definition) is 13. The number of nitrogens with zero attached hydrogens (tertiary/aromatic N) is 6. The number of rotatable bonds is 51. The van der Waals surface area contributed by atoms with Gasteiger partial charge in [0.1, 0.15) is 35.7 Å². The molecule has 1 saturated heterocycles. The lowest BCUT2D eigenvalue weighted by atomic mass is 10.0. The third-order valence-corrected chi connectivity index (χ3v) is 28.3. The van der Waals surface area contributed by atoms with Crippen LogP contribution in [0.1, 0.15) is 192 Å². The summed E-state index contributed by atoms with van der Waals surface area (Å²) in [6.45, 7) is 12.0. The van der Waals surface area contributed by atoms with Gasteiger partial charge in [-0.3, -0.25) is 62.2 Å². The molecule has 0 radical (unpaired) electrons. The maximum Gasteiger partial charge on any atom is 0.354 e. The van der Waals surface area contributed by atoms with Gasteiger partial charge in [-0.15, -0.1) is 5.10 Å². The molecule has 0 spiro atoms. The number of unbranched alkanes of at least 4 members (excludes halogenated alkanes) is 6. The number of aliphatic carboxylic acids is 6. The van der Waals surface area contributed by atoms with Crippen LogP contribution in [-0.4, -0.2) is 263 Å². The first-order valence-corrected chi connectivity index (χ1v) is 43.3. The average molecular weight is 1600 g/mol. The Labute approximate surface area is 624 Å². The van der Waals surface area contributed by atoms with Gasteiger partial charge in [-0.25, -0.2) is 23.9 Å². The van der Waals surface area contributed by atoms with Crippen LogP contribution in [0.3, 0.4) is 0 Å². The van der Waals surface area contributed by atoms with Crippen molar-refractivity contribution in [2.24, 2.45) is 0 Å². The third kappa shape index (κ3) is 37.1. The van der Waals surface area contributed by atoms with Crippen molar-refractivity contribution in [3.63, 3.8) is 0 Å². The molecule has 7 atom stereocenters. The lowest BCUT2D eigenvalue weighted by molar-refractivity contribution is -0.142. The Morgan fingerprint density at radius 2 is 1.02 bits per heavy atom. The monoisotopic (exact) mass is 1590 g/mol. The van der Waals surface area contributed by atoms with E-state index in [9.17, 15) is 96.3 Å². The number of aromatic nitrogens is 3. The minimum Gasteiger partial charge on any atom is -0.481 e. The molecule has 1 aliphatic heterocycles. The summed E-state index contributed by atoms with van der Waals surface area (Å²) in [6.07, 6.45) is 2.21. The number of nitrogens with one attached hydrogen (secondary N) is 5. The highest BCUT2D eigenvalue weighted by atomic mass is 31.2. The number of urea groups is 1. The zero-order valence-corrected chi connectivity index (χ0v) is 65.7. The second kappa shape index (κ2) is 46.9. The highest BCUT2D eigenvalue weighted by Gasteiger charge is 2.56. The quantitative estimate of drug-likeness (QED) is 0.0181. The van der Waals surface area contributed by atoms with E-state index in [4.69, 9.17) is 15.3 Å². The van der Waals surface area contributed by atoms with E-state index in [1.807, 2.05) is 41.5 Å². The molecule has 107 heavy (non-hydrogen) atoms. The molecule has 0 aliphatic carbocycles. The van der Waals surface area contributed by atoms with Gasteiger partial charge in [0, 0.05) is 115 Å². The molecule has 5 unspecified atom stereocenters. The molecule has 5 amide bonds. The van der Waals surface area contributed by atoms with E-state index in [2.05, 4.69) is 36.9 Å². The number of ketones is 2. The number of carbonyl (C=O) groups excluding carboxylic acids is 6. The highest BCUT2D eigenvalue weighted by molar-refractivity contribution is 7.58. The maximum absolute atomic E-state index is 17.2. The first-order chi connectivity index (χ1) is 49.5. The van der Waals surface area contributed by atoms with E-state index in [0.717, 1.165) is 4.68 Å². The van der Waals surface area contributed by atoms with Crippen LogP contribution in [0.25, 0.3) is 0 Å². The largest absolute Gasteiger partial charge is 0.481 e. The van der Waals surface area contributed by atoms with Gasteiger partial charge in [0.25, 0.3) is 14.3 Å². The summed E-state index contributed by atoms with van der Waals surface area (Å²) in [6, 6.07) is -0.679. The fourth-order valence-electron chi connectivity index (χ4n) is 12.3. The van der Waals surface area contributed by atoms with Crippen LogP contribution in [0.2, 0.25) is 10.1 Å². The first kappa shape index (κ1) is 95.7. The Balaban J connectivity index is 0.0000389. The van der Waals surface area contributed by atoms with Gasteiger partial charge in [0.05, 0.1) is 31.1 Å². The van der Waals surface area contributed by atoms with Gasteiger partial charge in [-0.1, -0.05) is 89.1 Å². The van der Waals surface area contributed by atoms with Gasteiger partial charge in [-0.05, 0) is 85.2 Å². The lowest BCUT2D eigenvalue weighted by Gasteiger charge is -2.44. The summed E-state index contributed by atoms with van der Waals surface area (Å²) in [4.78, 5) is 175. The molecule has 604 valence electrons. The predicted octanol–water partition coefficient (Wildman–Crippen LogP) is 4.93. The fourth-order valence-corrected chi connectivity index (χ4v) is 21.4. The van der Waals surface area contributed by atoms with Gasteiger partial charge in [0.15, 0.2) is 12.4 Å². The van der Waals surface area contributed by atoms with Crippen molar-refractivity contribution in [2.45, 2.75) is 211 Å². The number of amides is 5. The van der Waals surface area contributed by atoms with Gasteiger partial charge < -0.3 is 76.6 Å². The van der Waals surface area contributed by atoms with Crippen molar-refractivity contribution in [1.82, 2.24) is 56.3 Å². The Bertz CT molecular complexity index is 3400. The normalized spacial score (nSPS) is 15.8. The molecule has 2 heterocycles. The molecule has 40 heteroatoms. The Morgan fingerprint density at radius 1 is 0.561 bits per heavy atom. The summed E-state index contributed by atoms with van der Waals surface area (Å²) in [5.74, 6) is -10.0. The summed E-state index contributed by atoms with van der Waals surface area (Å²) >= 11 is 0. The van der Waals surface area contributed by atoms with Crippen LogP contribution in [0, 0.1) is 0 Å². The third-order valence-electron chi connectivity index (χ3n) is 18.1. The number of Topliss-reactive ketones (excluding diaryl/α,β-unsaturated/α-hetero) is 2. The zero-order chi connectivity index (χ0) is 79.6. The van der Waals surface area contributed by atoms with E-state index in [1.165, 1.54) is 18.3 Å².